The third kappa shape index (κ3) is 5.02. The van der Waals surface area contributed by atoms with Crippen LogP contribution in [-0.2, 0) is 15.6 Å². The molecule has 32 heavy (non-hydrogen) atoms. The van der Waals surface area contributed by atoms with Gasteiger partial charge in [0.1, 0.15) is 17.1 Å². The van der Waals surface area contributed by atoms with Gasteiger partial charge in [0.05, 0.1) is 6.61 Å². The maximum Gasteiger partial charge on any atom is 0.311 e. The number of nitrogens with zero attached hydrogens (tertiary/aromatic N) is 1. The SMILES string of the molecule is CCC(F)(F)c1cc(OC(=O)CCCO[N+](=O)[O-])c2c(c1)OC(C)(C)[C@@H]1CCC(C)=C[C@@H]21. The molecule has 7 nitrogen and oxygen atoms in total. The van der Waals surface area contributed by atoms with Crippen molar-refractivity contribution in [3.8, 4) is 11.5 Å². The van der Waals surface area contributed by atoms with Crippen molar-refractivity contribution in [2.75, 3.05) is 6.61 Å². The number of hydrogen-bond acceptors (Lipinski definition) is 6. The van der Waals surface area contributed by atoms with Gasteiger partial charge in [0.25, 0.3) is 11.0 Å². The molecule has 1 aromatic carbocycles. The van der Waals surface area contributed by atoms with Crippen molar-refractivity contribution in [2.45, 2.75) is 77.2 Å². The maximum absolute atomic E-state index is 14.6. The van der Waals surface area contributed by atoms with Crippen molar-refractivity contribution in [3.05, 3.63) is 45.0 Å². The van der Waals surface area contributed by atoms with Gasteiger partial charge >= 0.3 is 5.97 Å². The molecule has 0 saturated carbocycles. The average molecular weight is 453 g/mol. The van der Waals surface area contributed by atoms with Gasteiger partial charge in [0, 0.05) is 35.8 Å². The molecule has 0 saturated heterocycles. The molecule has 0 spiro atoms. The van der Waals surface area contributed by atoms with Crippen molar-refractivity contribution in [1.82, 2.24) is 0 Å². The van der Waals surface area contributed by atoms with Gasteiger partial charge in [0.15, 0.2) is 0 Å². The lowest BCUT2D eigenvalue weighted by Gasteiger charge is -2.46. The van der Waals surface area contributed by atoms with Crippen LogP contribution in [0.1, 0.15) is 76.8 Å². The molecule has 2 atom stereocenters. The van der Waals surface area contributed by atoms with Gasteiger partial charge < -0.3 is 14.3 Å². The first-order valence-corrected chi connectivity index (χ1v) is 10.8. The maximum atomic E-state index is 14.6. The minimum atomic E-state index is -3.11. The summed E-state index contributed by atoms with van der Waals surface area (Å²) >= 11 is 0. The topological polar surface area (TPSA) is 87.9 Å². The van der Waals surface area contributed by atoms with E-state index in [1.807, 2.05) is 20.8 Å². The van der Waals surface area contributed by atoms with Gasteiger partial charge in [-0.2, -0.15) is 0 Å². The highest BCUT2D eigenvalue weighted by Gasteiger charge is 2.46. The van der Waals surface area contributed by atoms with E-state index < -0.39 is 29.0 Å². The quantitative estimate of drug-likeness (QED) is 0.125. The molecule has 0 amide bonds. The molecule has 1 aromatic rings. The third-order valence-electron chi connectivity index (χ3n) is 6.26. The van der Waals surface area contributed by atoms with Gasteiger partial charge in [-0.25, -0.2) is 8.78 Å². The lowest BCUT2D eigenvalue weighted by atomic mass is 9.68. The molecule has 0 radical (unpaired) electrons. The Morgan fingerprint density at radius 2 is 2.09 bits per heavy atom. The van der Waals surface area contributed by atoms with E-state index in [4.69, 9.17) is 9.47 Å². The fourth-order valence-corrected chi connectivity index (χ4v) is 4.54. The number of hydrogen-bond donors (Lipinski definition) is 0. The van der Waals surface area contributed by atoms with Crippen molar-refractivity contribution < 1.29 is 33.0 Å². The Morgan fingerprint density at radius 1 is 1.38 bits per heavy atom. The summed E-state index contributed by atoms with van der Waals surface area (Å²) in [5.41, 5.74) is 0.936. The van der Waals surface area contributed by atoms with E-state index in [1.54, 1.807) is 0 Å². The second-order valence-electron chi connectivity index (χ2n) is 8.97. The molecule has 0 fully saturated rings. The first-order valence-electron chi connectivity index (χ1n) is 10.8. The zero-order valence-corrected chi connectivity index (χ0v) is 18.8. The molecular formula is C23H29F2NO6. The highest BCUT2D eigenvalue weighted by atomic mass is 19.3. The van der Waals surface area contributed by atoms with E-state index >= 15 is 0 Å². The fraction of sp³-hybridized carbons (Fsp3) is 0.609. The largest absolute Gasteiger partial charge is 0.487 e. The van der Waals surface area contributed by atoms with Crippen molar-refractivity contribution in [3.63, 3.8) is 0 Å². The minimum Gasteiger partial charge on any atom is -0.487 e. The Balaban J connectivity index is 2.00. The smallest absolute Gasteiger partial charge is 0.311 e. The van der Waals surface area contributed by atoms with Crippen LogP contribution in [0, 0.1) is 16.0 Å². The monoisotopic (exact) mass is 453 g/mol. The summed E-state index contributed by atoms with van der Waals surface area (Å²) in [6.45, 7) is 7.06. The van der Waals surface area contributed by atoms with E-state index in [2.05, 4.69) is 10.9 Å². The predicted molar refractivity (Wildman–Crippen MR) is 112 cm³/mol. The van der Waals surface area contributed by atoms with E-state index in [0.717, 1.165) is 12.8 Å². The Bertz CT molecular complexity index is 927. The fourth-order valence-electron chi connectivity index (χ4n) is 4.54. The number of fused-ring (bicyclic) bond motifs is 3. The van der Waals surface area contributed by atoms with Crippen molar-refractivity contribution in [1.29, 1.82) is 0 Å². The number of ether oxygens (including phenoxy) is 2. The molecule has 0 aromatic heterocycles. The molecule has 3 rings (SSSR count). The number of allylic oxidation sites excluding steroid dienone is 2. The van der Waals surface area contributed by atoms with Crippen LogP contribution in [0.2, 0.25) is 0 Å². The summed E-state index contributed by atoms with van der Waals surface area (Å²) in [6.07, 6.45) is 3.41. The molecule has 1 heterocycles. The van der Waals surface area contributed by atoms with Gasteiger partial charge in [-0.15, -0.1) is 10.1 Å². The van der Waals surface area contributed by atoms with E-state index in [9.17, 15) is 23.7 Å². The molecule has 0 bridgehead atoms. The molecule has 0 N–H and O–H groups in total. The van der Waals surface area contributed by atoms with Crippen LogP contribution < -0.4 is 9.47 Å². The number of alkyl halides is 2. The van der Waals surface area contributed by atoms with Crippen LogP contribution in [0.3, 0.4) is 0 Å². The van der Waals surface area contributed by atoms with Gasteiger partial charge in [-0.05, 0) is 52.2 Å². The van der Waals surface area contributed by atoms with Crippen LogP contribution in [-0.4, -0.2) is 23.3 Å². The predicted octanol–water partition coefficient (Wildman–Crippen LogP) is 5.69. The van der Waals surface area contributed by atoms with Crippen LogP contribution in [0.15, 0.2) is 23.8 Å². The summed E-state index contributed by atoms with van der Waals surface area (Å²) in [7, 11) is 0. The van der Waals surface area contributed by atoms with E-state index in [1.165, 1.54) is 24.6 Å². The minimum absolute atomic E-state index is 0.0577. The zero-order chi connectivity index (χ0) is 23.7. The summed E-state index contributed by atoms with van der Waals surface area (Å²) in [6, 6.07) is 2.58. The molecule has 1 aliphatic heterocycles. The summed E-state index contributed by atoms with van der Waals surface area (Å²) < 4.78 is 40.9. The Morgan fingerprint density at radius 3 is 2.75 bits per heavy atom. The van der Waals surface area contributed by atoms with Gasteiger partial charge in [-0.1, -0.05) is 18.6 Å². The van der Waals surface area contributed by atoms with Crippen LogP contribution in [0.5, 0.6) is 11.5 Å². The summed E-state index contributed by atoms with van der Waals surface area (Å²) in [5, 5.41) is 9.31. The standard InChI is InChI=1S/C23H29F2NO6/c1-5-23(24,25)15-12-18(31-20(27)7-6-10-30-26(28)29)21-16-11-14(2)8-9-17(16)22(3,4)32-19(21)13-15/h11-13,16-17H,5-10H2,1-4H3/t16-,17-/m1/s1. The second-order valence-corrected chi connectivity index (χ2v) is 8.97. The second kappa shape index (κ2) is 9.03. The van der Waals surface area contributed by atoms with Gasteiger partial charge in [-0.3, -0.25) is 4.79 Å². The summed E-state index contributed by atoms with van der Waals surface area (Å²) in [5.74, 6) is -3.46. The van der Waals surface area contributed by atoms with Crippen LogP contribution in [0.4, 0.5) is 8.78 Å². The molecule has 1 aliphatic carbocycles. The van der Waals surface area contributed by atoms with Crippen molar-refractivity contribution in [2.24, 2.45) is 5.92 Å². The molecule has 176 valence electrons. The van der Waals surface area contributed by atoms with Crippen molar-refractivity contribution >= 4 is 5.97 Å². The first kappa shape index (κ1) is 23.9. The number of carbonyl (C=O) groups excluding carboxylic acids is 1. The van der Waals surface area contributed by atoms with Crippen LogP contribution >= 0.6 is 0 Å². The number of rotatable bonds is 8. The average Bonchev–Trinajstić information content (AvgIpc) is 2.70. The lowest BCUT2D eigenvalue weighted by Crippen LogP contribution is -2.45. The summed E-state index contributed by atoms with van der Waals surface area (Å²) in [4.78, 5) is 26.9. The Hall–Kier alpha value is -2.71. The normalized spacial score (nSPS) is 21.5. The van der Waals surface area contributed by atoms with Gasteiger partial charge in [0.2, 0.25) is 0 Å². The third-order valence-corrected chi connectivity index (χ3v) is 6.26. The van der Waals surface area contributed by atoms with E-state index in [-0.39, 0.29) is 42.6 Å². The lowest BCUT2D eigenvalue weighted by molar-refractivity contribution is -0.757. The highest BCUT2D eigenvalue weighted by molar-refractivity contribution is 5.74. The molecule has 2 aliphatic rings. The zero-order valence-electron chi connectivity index (χ0n) is 18.8. The Kier molecular flexibility index (Phi) is 6.76. The number of esters is 1. The Labute approximate surface area is 185 Å². The number of benzene rings is 1. The number of halogens is 2. The first-order chi connectivity index (χ1) is 14.9. The van der Waals surface area contributed by atoms with Crippen LogP contribution in [0.25, 0.3) is 0 Å². The molecule has 9 heteroatoms. The highest BCUT2D eigenvalue weighted by Crippen LogP contribution is 2.54. The number of carbonyl (C=O) groups is 1. The van der Waals surface area contributed by atoms with E-state index in [0.29, 0.717) is 11.3 Å². The molecule has 0 unspecified atom stereocenters. The molecular weight excluding hydrogens is 424 g/mol.